The van der Waals surface area contributed by atoms with Gasteiger partial charge in [-0.1, -0.05) is 6.07 Å². The van der Waals surface area contributed by atoms with Gasteiger partial charge in [0.05, 0.1) is 29.4 Å². The van der Waals surface area contributed by atoms with Crippen molar-refractivity contribution >= 4 is 45.0 Å². The van der Waals surface area contributed by atoms with E-state index in [0.717, 1.165) is 33.6 Å². The number of benzene rings is 3. The Bertz CT molecular complexity index is 1520. The van der Waals surface area contributed by atoms with Crippen molar-refractivity contribution in [2.24, 2.45) is 0 Å². The van der Waals surface area contributed by atoms with Gasteiger partial charge in [0, 0.05) is 17.2 Å². The number of methoxy groups -OCH3 is 1. The summed E-state index contributed by atoms with van der Waals surface area (Å²) in [5.74, 6) is -0.245. The van der Waals surface area contributed by atoms with Gasteiger partial charge in [0.2, 0.25) is 5.91 Å². The van der Waals surface area contributed by atoms with E-state index in [1.54, 1.807) is 59.7 Å². The molecule has 7 nitrogen and oxygen atoms in total. The molecule has 2 heterocycles. The Kier molecular flexibility index (Phi) is 5.76. The van der Waals surface area contributed by atoms with Gasteiger partial charge in [-0.2, -0.15) is 0 Å². The Morgan fingerprint density at radius 1 is 1.03 bits per heavy atom. The lowest BCUT2D eigenvalue weighted by atomic mass is 10.1. The van der Waals surface area contributed by atoms with Crippen LogP contribution in [0.1, 0.15) is 35.2 Å². The lowest BCUT2D eigenvalue weighted by Crippen LogP contribution is -2.46. The second-order valence-electron chi connectivity index (χ2n) is 9.50. The third kappa shape index (κ3) is 4.27. The third-order valence-electron chi connectivity index (χ3n) is 6.89. The fraction of sp³-hybridized carbons (Fsp3) is 0.241. The highest BCUT2D eigenvalue weighted by Gasteiger charge is 2.48. The molecule has 1 aliphatic carbocycles. The summed E-state index contributed by atoms with van der Waals surface area (Å²) in [6.07, 6.45) is 1.64. The molecule has 1 aromatic heterocycles. The van der Waals surface area contributed by atoms with E-state index in [4.69, 9.17) is 9.72 Å². The molecule has 1 saturated carbocycles. The van der Waals surface area contributed by atoms with Crippen molar-refractivity contribution in [2.75, 3.05) is 12.0 Å². The predicted molar refractivity (Wildman–Crippen MR) is 143 cm³/mol. The standard InChI is InChI=1S/C29H25N3O4S/c1-17-3-14-23-25(15-17)37-27(30-23)18-4-8-21(9-5-18)32-26(33)16-24(29(32)35)31(20-10-11-20)28(34)19-6-12-22(36-2)13-7-19/h3-9,12-15,20,24H,10-11,16H2,1-2H3. The number of carbonyl (C=O) groups is 3. The van der Waals surface area contributed by atoms with Gasteiger partial charge in [-0.05, 0) is 86.0 Å². The fourth-order valence-corrected chi connectivity index (χ4v) is 5.88. The van der Waals surface area contributed by atoms with Gasteiger partial charge in [0.1, 0.15) is 16.8 Å². The smallest absolute Gasteiger partial charge is 0.257 e. The molecule has 2 aliphatic rings. The number of ether oxygens (including phenoxy) is 1. The van der Waals surface area contributed by atoms with Crippen LogP contribution >= 0.6 is 11.3 Å². The van der Waals surface area contributed by atoms with Gasteiger partial charge in [0.15, 0.2) is 0 Å². The zero-order chi connectivity index (χ0) is 25.7. The topological polar surface area (TPSA) is 79.8 Å². The molecule has 1 saturated heterocycles. The highest BCUT2D eigenvalue weighted by molar-refractivity contribution is 7.21. The van der Waals surface area contributed by atoms with Crippen LogP contribution in [0, 0.1) is 6.92 Å². The molecule has 3 aromatic carbocycles. The predicted octanol–water partition coefficient (Wildman–Crippen LogP) is 5.22. The van der Waals surface area contributed by atoms with Gasteiger partial charge in [-0.25, -0.2) is 9.88 Å². The van der Waals surface area contributed by atoms with Crippen LogP contribution in [-0.2, 0) is 9.59 Å². The Labute approximate surface area is 218 Å². The number of fused-ring (bicyclic) bond motifs is 1. The lowest BCUT2D eigenvalue weighted by Gasteiger charge is -2.27. The molecule has 0 N–H and O–H groups in total. The van der Waals surface area contributed by atoms with Crippen LogP contribution in [-0.4, -0.2) is 46.8 Å². The number of hydrogen-bond donors (Lipinski definition) is 0. The number of rotatable bonds is 6. The maximum absolute atomic E-state index is 13.5. The van der Waals surface area contributed by atoms with Crippen molar-refractivity contribution < 1.29 is 19.1 Å². The quantitative estimate of drug-likeness (QED) is 0.332. The number of amides is 3. The Morgan fingerprint density at radius 2 is 1.76 bits per heavy atom. The summed E-state index contributed by atoms with van der Waals surface area (Å²) in [6, 6.07) is 19.5. The molecule has 0 radical (unpaired) electrons. The van der Waals surface area contributed by atoms with Crippen molar-refractivity contribution in [3.63, 3.8) is 0 Å². The first-order chi connectivity index (χ1) is 17.9. The first-order valence-corrected chi connectivity index (χ1v) is 13.1. The molecule has 8 heteroatoms. The van der Waals surface area contributed by atoms with E-state index in [9.17, 15) is 14.4 Å². The minimum Gasteiger partial charge on any atom is -0.497 e. The first-order valence-electron chi connectivity index (χ1n) is 12.2. The van der Waals surface area contributed by atoms with E-state index in [-0.39, 0.29) is 30.2 Å². The largest absolute Gasteiger partial charge is 0.497 e. The molecule has 4 aromatic rings. The van der Waals surface area contributed by atoms with Crippen LogP contribution in [0.25, 0.3) is 20.8 Å². The van der Waals surface area contributed by atoms with Crippen LogP contribution < -0.4 is 9.64 Å². The number of anilines is 1. The number of nitrogens with zero attached hydrogens (tertiary/aromatic N) is 3. The van der Waals surface area contributed by atoms with Gasteiger partial charge in [-0.15, -0.1) is 11.3 Å². The average molecular weight is 512 g/mol. The number of aromatic nitrogens is 1. The Morgan fingerprint density at radius 3 is 2.43 bits per heavy atom. The molecular weight excluding hydrogens is 486 g/mol. The van der Waals surface area contributed by atoms with E-state index >= 15 is 0 Å². The van der Waals surface area contributed by atoms with Crippen molar-refractivity contribution in [3.05, 3.63) is 77.9 Å². The number of carbonyl (C=O) groups excluding carboxylic acids is 3. The van der Waals surface area contributed by atoms with Crippen LogP contribution in [0.3, 0.4) is 0 Å². The van der Waals surface area contributed by atoms with E-state index in [1.165, 1.54) is 10.5 Å². The molecule has 37 heavy (non-hydrogen) atoms. The van der Waals surface area contributed by atoms with Crippen molar-refractivity contribution in [2.45, 2.75) is 38.3 Å². The lowest BCUT2D eigenvalue weighted by molar-refractivity contribution is -0.122. The van der Waals surface area contributed by atoms with Crippen LogP contribution in [0.5, 0.6) is 5.75 Å². The monoisotopic (exact) mass is 511 g/mol. The molecule has 0 bridgehead atoms. The normalized spacial score (nSPS) is 17.5. The maximum Gasteiger partial charge on any atom is 0.257 e. The number of hydrogen-bond acceptors (Lipinski definition) is 6. The van der Waals surface area contributed by atoms with Crippen molar-refractivity contribution in [3.8, 4) is 16.3 Å². The summed E-state index contributed by atoms with van der Waals surface area (Å²) in [4.78, 5) is 47.5. The highest BCUT2D eigenvalue weighted by atomic mass is 32.1. The highest BCUT2D eigenvalue weighted by Crippen LogP contribution is 2.36. The van der Waals surface area contributed by atoms with Crippen LogP contribution in [0.15, 0.2) is 66.7 Å². The molecular formula is C29H25N3O4S. The molecule has 1 atom stereocenters. The van der Waals surface area contributed by atoms with Gasteiger partial charge >= 0.3 is 0 Å². The summed E-state index contributed by atoms with van der Waals surface area (Å²) >= 11 is 1.61. The third-order valence-corrected chi connectivity index (χ3v) is 7.95. The number of aryl methyl sites for hydroxylation is 1. The fourth-order valence-electron chi connectivity index (χ4n) is 4.81. The number of imide groups is 1. The SMILES string of the molecule is COc1ccc(C(=O)N(C2CC2)C2CC(=O)N(c3ccc(-c4nc5ccc(C)cc5s4)cc3)C2=O)cc1. The van der Waals surface area contributed by atoms with E-state index < -0.39 is 6.04 Å². The van der Waals surface area contributed by atoms with Gasteiger partial charge < -0.3 is 9.64 Å². The summed E-state index contributed by atoms with van der Waals surface area (Å²) in [7, 11) is 1.57. The summed E-state index contributed by atoms with van der Waals surface area (Å²) in [5, 5.41) is 0.883. The number of thiazole rings is 1. The summed E-state index contributed by atoms with van der Waals surface area (Å²) in [5.41, 5.74) is 4.04. The van der Waals surface area contributed by atoms with Crippen molar-refractivity contribution in [1.82, 2.24) is 9.88 Å². The molecule has 1 aliphatic heterocycles. The van der Waals surface area contributed by atoms with Crippen molar-refractivity contribution in [1.29, 1.82) is 0 Å². The Hall–Kier alpha value is -4.04. The summed E-state index contributed by atoms with van der Waals surface area (Å²) < 4.78 is 6.31. The van der Waals surface area contributed by atoms with Gasteiger partial charge in [0.25, 0.3) is 11.8 Å². The van der Waals surface area contributed by atoms with Crippen LogP contribution in [0.2, 0.25) is 0 Å². The van der Waals surface area contributed by atoms with Gasteiger partial charge in [-0.3, -0.25) is 14.4 Å². The second kappa shape index (κ2) is 9.12. The van der Waals surface area contributed by atoms with E-state index in [2.05, 4.69) is 13.0 Å². The molecule has 2 fully saturated rings. The Balaban J connectivity index is 1.24. The maximum atomic E-state index is 13.5. The molecule has 0 spiro atoms. The van der Waals surface area contributed by atoms with E-state index in [1.807, 2.05) is 24.3 Å². The minimum atomic E-state index is -0.804. The summed E-state index contributed by atoms with van der Waals surface area (Å²) in [6.45, 7) is 2.06. The first kappa shape index (κ1) is 23.4. The molecule has 3 amide bonds. The van der Waals surface area contributed by atoms with E-state index in [0.29, 0.717) is 17.0 Å². The average Bonchev–Trinajstić information content (AvgIpc) is 3.59. The molecule has 186 valence electrons. The molecule has 6 rings (SSSR count). The van der Waals surface area contributed by atoms with Crippen LogP contribution in [0.4, 0.5) is 5.69 Å². The minimum absolute atomic E-state index is 0.0177. The second-order valence-corrected chi connectivity index (χ2v) is 10.5. The zero-order valence-corrected chi connectivity index (χ0v) is 21.3. The zero-order valence-electron chi connectivity index (χ0n) is 20.5. The molecule has 1 unspecified atom stereocenters.